The van der Waals surface area contributed by atoms with Crippen LogP contribution in [0.25, 0.3) is 21.8 Å². The number of hydrogen-bond acceptors (Lipinski definition) is 0. The van der Waals surface area contributed by atoms with Crippen molar-refractivity contribution >= 4 is 44.4 Å². The van der Waals surface area contributed by atoms with Gasteiger partial charge in [-0.1, -0.05) is 26.0 Å². The average molecular weight is 349 g/mol. The van der Waals surface area contributed by atoms with Gasteiger partial charge in [0.25, 0.3) is 0 Å². The van der Waals surface area contributed by atoms with Crippen LogP contribution in [0.3, 0.4) is 0 Å². The third kappa shape index (κ3) is 2.14. The zero-order valence-electron chi connectivity index (χ0n) is 10.6. The van der Waals surface area contributed by atoms with Gasteiger partial charge in [0.1, 0.15) is 0 Å². The minimum atomic E-state index is 0.702. The lowest BCUT2D eigenvalue weighted by molar-refractivity contribution is 0.648. The fourth-order valence-corrected chi connectivity index (χ4v) is 3.01. The molecule has 0 atom stereocenters. The maximum absolute atomic E-state index is 3.49. The molecule has 2 heteroatoms. The molecule has 1 nitrogen and oxygen atoms in total. The number of benzene rings is 2. The lowest BCUT2D eigenvalue weighted by Gasteiger charge is -2.04. The molecule has 0 fully saturated rings. The molecular formula is C16H16IN. The van der Waals surface area contributed by atoms with Crippen molar-refractivity contribution in [2.24, 2.45) is 5.92 Å². The van der Waals surface area contributed by atoms with Crippen LogP contribution < -0.4 is 0 Å². The van der Waals surface area contributed by atoms with Crippen LogP contribution in [0.2, 0.25) is 0 Å². The van der Waals surface area contributed by atoms with Crippen LogP contribution in [0.1, 0.15) is 19.4 Å². The Balaban J connectivity index is 2.22. The van der Waals surface area contributed by atoms with E-state index in [1.807, 2.05) is 0 Å². The zero-order chi connectivity index (χ0) is 12.7. The smallest absolute Gasteiger partial charge is 0.0475 e. The van der Waals surface area contributed by atoms with Crippen LogP contribution in [0.4, 0.5) is 0 Å². The van der Waals surface area contributed by atoms with Gasteiger partial charge in [-0.25, -0.2) is 0 Å². The van der Waals surface area contributed by atoms with E-state index < -0.39 is 0 Å². The monoisotopic (exact) mass is 349 g/mol. The van der Waals surface area contributed by atoms with Gasteiger partial charge in [-0.05, 0) is 64.8 Å². The summed E-state index contributed by atoms with van der Waals surface area (Å²) in [6.45, 7) is 4.53. The molecule has 0 saturated heterocycles. The van der Waals surface area contributed by atoms with Crippen LogP contribution in [0.5, 0.6) is 0 Å². The number of halogens is 1. The van der Waals surface area contributed by atoms with Crippen molar-refractivity contribution in [2.45, 2.75) is 20.3 Å². The van der Waals surface area contributed by atoms with Crippen molar-refractivity contribution in [3.63, 3.8) is 0 Å². The van der Waals surface area contributed by atoms with E-state index in [2.05, 4.69) is 77.8 Å². The predicted octanol–water partition coefficient (Wildman–Crippen LogP) is 5.12. The fourth-order valence-electron chi connectivity index (χ4n) is 2.52. The van der Waals surface area contributed by atoms with E-state index in [1.54, 1.807) is 0 Å². The highest BCUT2D eigenvalue weighted by Crippen LogP contribution is 2.28. The molecule has 2 aromatic carbocycles. The Hall–Kier alpha value is -1.03. The summed E-state index contributed by atoms with van der Waals surface area (Å²) in [7, 11) is 0. The molecular weight excluding hydrogens is 333 g/mol. The molecule has 0 aliphatic rings. The Kier molecular flexibility index (Phi) is 3.06. The molecule has 0 spiro atoms. The summed E-state index contributed by atoms with van der Waals surface area (Å²) in [6.07, 6.45) is 1.15. The molecule has 0 bridgehead atoms. The van der Waals surface area contributed by atoms with E-state index in [0.29, 0.717) is 5.92 Å². The summed E-state index contributed by atoms with van der Waals surface area (Å²) in [5, 5.41) is 2.68. The van der Waals surface area contributed by atoms with Gasteiger partial charge in [0.15, 0.2) is 0 Å². The largest absolute Gasteiger partial charge is 0.354 e. The molecule has 1 N–H and O–H groups in total. The topological polar surface area (TPSA) is 15.8 Å². The van der Waals surface area contributed by atoms with Gasteiger partial charge in [0.2, 0.25) is 0 Å². The number of rotatable bonds is 2. The van der Waals surface area contributed by atoms with Gasteiger partial charge in [-0.3, -0.25) is 0 Å². The van der Waals surface area contributed by atoms with Gasteiger partial charge >= 0.3 is 0 Å². The van der Waals surface area contributed by atoms with Gasteiger partial charge in [-0.15, -0.1) is 0 Å². The standard InChI is InChI=1S/C16H16IN/c1-10(2)7-11-3-6-15-14(8-11)13-5-4-12(17)9-16(13)18-15/h3-6,8-10,18H,7H2,1-2H3. The number of aromatic amines is 1. The summed E-state index contributed by atoms with van der Waals surface area (Å²) >= 11 is 2.36. The first-order valence-electron chi connectivity index (χ1n) is 6.33. The summed E-state index contributed by atoms with van der Waals surface area (Å²) in [6, 6.07) is 13.4. The first kappa shape index (κ1) is 12.0. The predicted molar refractivity (Wildman–Crippen MR) is 87.1 cm³/mol. The van der Waals surface area contributed by atoms with Crippen molar-refractivity contribution in [1.82, 2.24) is 4.98 Å². The van der Waals surface area contributed by atoms with Crippen LogP contribution >= 0.6 is 22.6 Å². The first-order chi connectivity index (χ1) is 8.63. The number of fused-ring (bicyclic) bond motifs is 3. The molecule has 0 amide bonds. The third-order valence-electron chi connectivity index (χ3n) is 3.27. The van der Waals surface area contributed by atoms with E-state index in [0.717, 1.165) is 6.42 Å². The maximum Gasteiger partial charge on any atom is 0.0475 e. The molecule has 3 rings (SSSR count). The maximum atomic E-state index is 3.49. The Labute approximate surface area is 121 Å². The molecule has 18 heavy (non-hydrogen) atoms. The Morgan fingerprint density at radius 1 is 1.00 bits per heavy atom. The number of hydrogen-bond donors (Lipinski definition) is 1. The number of nitrogens with one attached hydrogen (secondary N) is 1. The highest BCUT2D eigenvalue weighted by atomic mass is 127. The molecule has 92 valence electrons. The Morgan fingerprint density at radius 3 is 2.61 bits per heavy atom. The van der Waals surface area contributed by atoms with Gasteiger partial charge in [-0.2, -0.15) is 0 Å². The van der Waals surface area contributed by atoms with E-state index in [1.165, 1.54) is 30.9 Å². The van der Waals surface area contributed by atoms with Crippen molar-refractivity contribution in [2.75, 3.05) is 0 Å². The van der Waals surface area contributed by atoms with Crippen LogP contribution in [-0.4, -0.2) is 4.98 Å². The molecule has 0 saturated carbocycles. The molecule has 0 radical (unpaired) electrons. The molecule has 1 heterocycles. The molecule has 1 aromatic heterocycles. The molecule has 0 unspecified atom stereocenters. The lowest BCUT2D eigenvalue weighted by atomic mass is 10.0. The lowest BCUT2D eigenvalue weighted by Crippen LogP contribution is -1.93. The van der Waals surface area contributed by atoms with Crippen molar-refractivity contribution in [1.29, 1.82) is 0 Å². The summed E-state index contributed by atoms with van der Waals surface area (Å²) in [4.78, 5) is 3.49. The second kappa shape index (κ2) is 4.57. The Bertz CT molecular complexity index is 710. The highest BCUT2D eigenvalue weighted by Gasteiger charge is 2.06. The van der Waals surface area contributed by atoms with Gasteiger partial charge in [0.05, 0.1) is 0 Å². The second-order valence-electron chi connectivity index (χ2n) is 5.29. The average Bonchev–Trinajstić information content (AvgIpc) is 2.65. The normalized spacial score (nSPS) is 11.8. The molecule has 0 aliphatic carbocycles. The van der Waals surface area contributed by atoms with Crippen LogP contribution in [-0.2, 0) is 6.42 Å². The number of aromatic nitrogens is 1. The zero-order valence-corrected chi connectivity index (χ0v) is 12.8. The summed E-state index contributed by atoms with van der Waals surface area (Å²) in [5.41, 5.74) is 3.90. The van der Waals surface area contributed by atoms with E-state index >= 15 is 0 Å². The summed E-state index contributed by atoms with van der Waals surface area (Å²) in [5.74, 6) is 0.702. The molecule has 3 aromatic rings. The van der Waals surface area contributed by atoms with E-state index in [-0.39, 0.29) is 0 Å². The van der Waals surface area contributed by atoms with E-state index in [9.17, 15) is 0 Å². The molecule has 0 aliphatic heterocycles. The van der Waals surface area contributed by atoms with E-state index in [4.69, 9.17) is 0 Å². The van der Waals surface area contributed by atoms with Crippen LogP contribution in [0.15, 0.2) is 36.4 Å². The minimum absolute atomic E-state index is 0.702. The fraction of sp³-hybridized carbons (Fsp3) is 0.250. The van der Waals surface area contributed by atoms with Crippen molar-refractivity contribution < 1.29 is 0 Å². The summed E-state index contributed by atoms with van der Waals surface area (Å²) < 4.78 is 1.27. The quantitative estimate of drug-likeness (QED) is 0.618. The second-order valence-corrected chi connectivity index (χ2v) is 6.54. The van der Waals surface area contributed by atoms with Gasteiger partial charge < -0.3 is 4.98 Å². The van der Waals surface area contributed by atoms with Gasteiger partial charge in [0, 0.05) is 25.4 Å². The SMILES string of the molecule is CC(C)Cc1ccc2[nH]c3cc(I)ccc3c2c1. The first-order valence-corrected chi connectivity index (χ1v) is 7.41. The van der Waals surface area contributed by atoms with Crippen molar-refractivity contribution in [3.05, 3.63) is 45.5 Å². The van der Waals surface area contributed by atoms with Crippen molar-refractivity contribution in [3.8, 4) is 0 Å². The van der Waals surface area contributed by atoms with Crippen LogP contribution in [0, 0.1) is 9.49 Å². The minimum Gasteiger partial charge on any atom is -0.354 e. The number of H-pyrrole nitrogens is 1. The highest BCUT2D eigenvalue weighted by molar-refractivity contribution is 14.1. The Morgan fingerprint density at radius 2 is 1.83 bits per heavy atom. The third-order valence-corrected chi connectivity index (χ3v) is 3.94.